The maximum atomic E-state index is 6.09. The Hall–Kier alpha value is -1.20. The van der Waals surface area contributed by atoms with Crippen LogP contribution in [0.2, 0.25) is 0 Å². The first-order chi connectivity index (χ1) is 9.36. The van der Waals surface area contributed by atoms with Crippen LogP contribution in [-0.4, -0.2) is 28.3 Å². The molecule has 2 heterocycles. The van der Waals surface area contributed by atoms with Crippen molar-refractivity contribution in [3.63, 3.8) is 0 Å². The highest BCUT2D eigenvalue weighted by molar-refractivity contribution is 7.80. The summed E-state index contributed by atoms with van der Waals surface area (Å²) in [5.74, 6) is 0.557. The van der Waals surface area contributed by atoms with Crippen LogP contribution >= 0.6 is 12.2 Å². The van der Waals surface area contributed by atoms with Crippen LogP contribution in [0.5, 0.6) is 5.88 Å². The van der Waals surface area contributed by atoms with Crippen LogP contribution < -0.4 is 10.5 Å². The summed E-state index contributed by atoms with van der Waals surface area (Å²) in [6.45, 7) is 8.05. The predicted octanol–water partition coefficient (Wildman–Crippen LogP) is 2.67. The quantitative estimate of drug-likeness (QED) is 0.869. The number of pyridine rings is 1. The van der Waals surface area contributed by atoms with Gasteiger partial charge in [0.15, 0.2) is 0 Å². The lowest BCUT2D eigenvalue weighted by Crippen LogP contribution is -2.36. The average Bonchev–Trinajstić information content (AvgIpc) is 2.25. The Bertz CT molecular complexity index is 509. The number of aryl methyl sites for hydroxylation is 2. The molecular weight excluding hydrogens is 272 g/mol. The lowest BCUT2D eigenvalue weighted by atomic mass is 10.0. The van der Waals surface area contributed by atoms with E-state index < -0.39 is 0 Å². The van der Waals surface area contributed by atoms with Crippen molar-refractivity contribution in [2.45, 2.75) is 58.8 Å². The number of ether oxygens (including phenoxy) is 2. The molecule has 0 saturated carbocycles. The van der Waals surface area contributed by atoms with Crippen LogP contribution in [0, 0.1) is 13.8 Å². The van der Waals surface area contributed by atoms with E-state index in [4.69, 9.17) is 27.4 Å². The molecule has 20 heavy (non-hydrogen) atoms. The molecule has 110 valence electrons. The van der Waals surface area contributed by atoms with E-state index in [0.29, 0.717) is 10.9 Å². The van der Waals surface area contributed by atoms with Crippen molar-refractivity contribution in [3.8, 4) is 5.88 Å². The summed E-state index contributed by atoms with van der Waals surface area (Å²) in [6.07, 6.45) is 2.20. The van der Waals surface area contributed by atoms with Gasteiger partial charge < -0.3 is 15.2 Å². The lowest BCUT2D eigenvalue weighted by Gasteiger charge is -2.32. The third-order valence-electron chi connectivity index (χ3n) is 3.49. The first kappa shape index (κ1) is 15.2. The summed E-state index contributed by atoms with van der Waals surface area (Å²) in [6, 6.07) is 1.97. The first-order valence-electron chi connectivity index (χ1n) is 6.97. The van der Waals surface area contributed by atoms with Crippen molar-refractivity contribution < 1.29 is 9.47 Å². The zero-order valence-electron chi connectivity index (χ0n) is 12.5. The topological polar surface area (TPSA) is 57.4 Å². The third-order valence-corrected chi connectivity index (χ3v) is 3.69. The molecule has 1 saturated heterocycles. The molecule has 0 radical (unpaired) electrons. The molecule has 0 aromatic carbocycles. The van der Waals surface area contributed by atoms with Crippen LogP contribution in [0.15, 0.2) is 6.07 Å². The predicted molar refractivity (Wildman–Crippen MR) is 83.3 cm³/mol. The van der Waals surface area contributed by atoms with E-state index >= 15 is 0 Å². The van der Waals surface area contributed by atoms with Crippen LogP contribution in [-0.2, 0) is 4.74 Å². The molecule has 2 N–H and O–H groups in total. The molecule has 0 spiro atoms. The first-order valence-corrected chi connectivity index (χ1v) is 7.37. The van der Waals surface area contributed by atoms with Gasteiger partial charge in [-0.15, -0.1) is 0 Å². The Morgan fingerprint density at radius 1 is 1.35 bits per heavy atom. The highest BCUT2D eigenvalue weighted by atomic mass is 32.1. The average molecular weight is 294 g/mol. The van der Waals surface area contributed by atoms with Crippen LogP contribution in [0.3, 0.4) is 0 Å². The van der Waals surface area contributed by atoms with Gasteiger partial charge >= 0.3 is 0 Å². The van der Waals surface area contributed by atoms with Crippen molar-refractivity contribution in [2.24, 2.45) is 5.73 Å². The normalized spacial score (nSPS) is 26.3. The highest BCUT2D eigenvalue weighted by Gasteiger charge is 2.27. The van der Waals surface area contributed by atoms with Gasteiger partial charge in [-0.2, -0.15) is 0 Å². The maximum Gasteiger partial charge on any atom is 0.224 e. The largest absolute Gasteiger partial charge is 0.474 e. The maximum absolute atomic E-state index is 6.09. The van der Waals surface area contributed by atoms with Gasteiger partial charge in [0.1, 0.15) is 11.1 Å². The van der Waals surface area contributed by atoms with Gasteiger partial charge in [0.05, 0.1) is 17.8 Å². The molecule has 2 rings (SSSR count). The molecular formula is C15H22N2O2S. The molecule has 1 aliphatic heterocycles. The number of nitrogens with zero attached hydrogens (tertiary/aromatic N) is 1. The molecule has 1 aromatic rings. The second-order valence-corrected chi connectivity index (χ2v) is 6.03. The zero-order chi connectivity index (χ0) is 14.9. The van der Waals surface area contributed by atoms with Crippen LogP contribution in [0.25, 0.3) is 0 Å². The van der Waals surface area contributed by atoms with Gasteiger partial charge in [0, 0.05) is 18.5 Å². The fourth-order valence-electron chi connectivity index (χ4n) is 2.79. The molecule has 0 aliphatic carbocycles. The van der Waals surface area contributed by atoms with Crippen molar-refractivity contribution >= 4 is 17.2 Å². The Labute approximate surface area is 125 Å². The number of rotatable bonds is 3. The number of thiocarbonyl (C=S) groups is 1. The zero-order valence-corrected chi connectivity index (χ0v) is 13.3. The molecule has 2 atom stereocenters. The summed E-state index contributed by atoms with van der Waals surface area (Å²) in [7, 11) is 0. The summed E-state index contributed by atoms with van der Waals surface area (Å²) < 4.78 is 11.8. The summed E-state index contributed by atoms with van der Waals surface area (Å²) >= 11 is 5.13. The minimum Gasteiger partial charge on any atom is -0.474 e. The number of nitrogens with two attached hydrogens (primary N) is 1. The Kier molecular flexibility index (Phi) is 4.60. The molecule has 1 aromatic heterocycles. The van der Waals surface area contributed by atoms with Gasteiger partial charge in [-0.3, -0.25) is 0 Å². The van der Waals surface area contributed by atoms with Crippen molar-refractivity contribution in [1.82, 2.24) is 4.98 Å². The van der Waals surface area contributed by atoms with Gasteiger partial charge in [-0.1, -0.05) is 12.2 Å². The van der Waals surface area contributed by atoms with E-state index in [1.54, 1.807) is 0 Å². The molecule has 5 heteroatoms. The molecule has 1 aliphatic rings. The van der Waals surface area contributed by atoms with E-state index in [1.807, 2.05) is 19.9 Å². The number of hydrogen-bond acceptors (Lipinski definition) is 4. The molecule has 4 nitrogen and oxygen atoms in total. The van der Waals surface area contributed by atoms with Gasteiger partial charge in [0.2, 0.25) is 5.88 Å². The van der Waals surface area contributed by atoms with Gasteiger partial charge in [-0.05, 0) is 39.3 Å². The van der Waals surface area contributed by atoms with E-state index in [-0.39, 0.29) is 18.3 Å². The Balaban J connectivity index is 2.26. The second kappa shape index (κ2) is 6.06. The monoisotopic (exact) mass is 294 g/mol. The molecule has 0 bridgehead atoms. The van der Waals surface area contributed by atoms with Crippen LogP contribution in [0.1, 0.15) is 43.5 Å². The second-order valence-electron chi connectivity index (χ2n) is 5.59. The van der Waals surface area contributed by atoms with E-state index in [1.165, 1.54) is 0 Å². The van der Waals surface area contributed by atoms with Crippen LogP contribution in [0.4, 0.5) is 0 Å². The molecule has 2 unspecified atom stereocenters. The van der Waals surface area contributed by atoms with Crippen molar-refractivity contribution in [3.05, 3.63) is 22.9 Å². The van der Waals surface area contributed by atoms with Gasteiger partial charge in [-0.25, -0.2) is 4.98 Å². The highest BCUT2D eigenvalue weighted by Crippen LogP contribution is 2.27. The standard InChI is InChI=1S/C15H22N2O2S/c1-8-5-9(2)17-15(13(8)14(16)20)19-12-6-10(3)18-11(4)7-12/h5,10-12H,6-7H2,1-4H3,(H2,16,20). The summed E-state index contributed by atoms with van der Waals surface area (Å²) in [5, 5.41) is 0. The fourth-order valence-corrected chi connectivity index (χ4v) is 3.03. The molecule has 0 amide bonds. The lowest BCUT2D eigenvalue weighted by molar-refractivity contribution is -0.0730. The SMILES string of the molecule is Cc1cc(C)c(C(N)=S)c(OC2CC(C)OC(C)C2)n1. The summed E-state index contributed by atoms with van der Waals surface area (Å²) in [5.41, 5.74) is 8.48. The smallest absolute Gasteiger partial charge is 0.224 e. The molecule has 1 fully saturated rings. The van der Waals surface area contributed by atoms with E-state index in [9.17, 15) is 0 Å². The minimum absolute atomic E-state index is 0.0931. The van der Waals surface area contributed by atoms with Crippen molar-refractivity contribution in [2.75, 3.05) is 0 Å². The Morgan fingerprint density at radius 2 is 1.95 bits per heavy atom. The minimum atomic E-state index is 0.0931. The third kappa shape index (κ3) is 3.46. The van der Waals surface area contributed by atoms with E-state index in [0.717, 1.165) is 29.7 Å². The summed E-state index contributed by atoms with van der Waals surface area (Å²) in [4.78, 5) is 4.80. The fraction of sp³-hybridized carbons (Fsp3) is 0.600. The Morgan fingerprint density at radius 3 is 2.50 bits per heavy atom. The number of aromatic nitrogens is 1. The number of hydrogen-bond donors (Lipinski definition) is 1. The van der Waals surface area contributed by atoms with Gasteiger partial charge in [0.25, 0.3) is 0 Å². The van der Waals surface area contributed by atoms with E-state index in [2.05, 4.69) is 18.8 Å². The van der Waals surface area contributed by atoms with Crippen molar-refractivity contribution in [1.29, 1.82) is 0 Å².